The van der Waals surface area contributed by atoms with E-state index in [1.807, 2.05) is 12.1 Å². The van der Waals surface area contributed by atoms with Gasteiger partial charge in [-0.2, -0.15) is 0 Å². The summed E-state index contributed by atoms with van der Waals surface area (Å²) in [5.41, 5.74) is 2.02. The molecule has 1 aromatic heterocycles. The van der Waals surface area contributed by atoms with Crippen LogP contribution in [0.15, 0.2) is 42.9 Å². The quantitative estimate of drug-likeness (QED) is 0.752. The SMILES string of the molecule is Ic1ccc(-c2cnccn2)cc1. The van der Waals surface area contributed by atoms with Crippen molar-refractivity contribution in [1.29, 1.82) is 0 Å². The first-order valence-corrected chi connectivity index (χ1v) is 4.96. The zero-order valence-electron chi connectivity index (χ0n) is 6.81. The molecule has 0 aliphatic heterocycles. The lowest BCUT2D eigenvalue weighted by atomic mass is 10.2. The van der Waals surface area contributed by atoms with E-state index < -0.39 is 0 Å². The molecule has 0 amide bonds. The number of hydrogen-bond acceptors (Lipinski definition) is 2. The number of halogens is 1. The van der Waals surface area contributed by atoms with Crippen LogP contribution in [0.1, 0.15) is 0 Å². The monoisotopic (exact) mass is 282 g/mol. The van der Waals surface area contributed by atoms with Gasteiger partial charge in [0.2, 0.25) is 0 Å². The van der Waals surface area contributed by atoms with E-state index in [9.17, 15) is 0 Å². The van der Waals surface area contributed by atoms with Crippen molar-refractivity contribution < 1.29 is 0 Å². The van der Waals surface area contributed by atoms with Crippen LogP contribution in [0.5, 0.6) is 0 Å². The summed E-state index contributed by atoms with van der Waals surface area (Å²) in [6.07, 6.45) is 5.14. The fraction of sp³-hybridized carbons (Fsp3) is 0. The zero-order chi connectivity index (χ0) is 9.10. The van der Waals surface area contributed by atoms with Crippen molar-refractivity contribution in [1.82, 2.24) is 9.97 Å². The van der Waals surface area contributed by atoms with Crippen LogP contribution in [-0.4, -0.2) is 9.97 Å². The molecule has 2 nitrogen and oxygen atoms in total. The van der Waals surface area contributed by atoms with Crippen LogP contribution in [0.3, 0.4) is 0 Å². The molecule has 64 valence electrons. The summed E-state index contributed by atoms with van der Waals surface area (Å²) in [5, 5.41) is 0. The van der Waals surface area contributed by atoms with Crippen LogP contribution < -0.4 is 0 Å². The molecule has 0 unspecified atom stereocenters. The smallest absolute Gasteiger partial charge is 0.0885 e. The Labute approximate surface area is 90.2 Å². The van der Waals surface area contributed by atoms with Gasteiger partial charge in [0, 0.05) is 21.5 Å². The van der Waals surface area contributed by atoms with E-state index >= 15 is 0 Å². The largest absolute Gasteiger partial charge is 0.261 e. The first kappa shape index (κ1) is 8.62. The Kier molecular flexibility index (Phi) is 2.54. The summed E-state index contributed by atoms with van der Waals surface area (Å²) >= 11 is 2.28. The molecule has 1 heterocycles. The van der Waals surface area contributed by atoms with E-state index in [-0.39, 0.29) is 0 Å². The van der Waals surface area contributed by atoms with E-state index in [0.29, 0.717) is 0 Å². The van der Waals surface area contributed by atoms with Crippen molar-refractivity contribution in [3.8, 4) is 11.3 Å². The molecule has 13 heavy (non-hydrogen) atoms. The first-order chi connectivity index (χ1) is 6.36. The molecule has 2 aromatic rings. The van der Waals surface area contributed by atoms with E-state index in [2.05, 4.69) is 44.7 Å². The molecule has 0 spiro atoms. The maximum atomic E-state index is 4.21. The van der Waals surface area contributed by atoms with Crippen molar-refractivity contribution in [2.24, 2.45) is 0 Å². The lowest BCUT2D eigenvalue weighted by Crippen LogP contribution is -1.83. The molecular formula is C10H7IN2. The third-order valence-electron chi connectivity index (χ3n) is 1.70. The number of nitrogens with zero attached hydrogens (tertiary/aromatic N) is 2. The van der Waals surface area contributed by atoms with Crippen molar-refractivity contribution >= 4 is 22.6 Å². The second-order valence-electron chi connectivity index (χ2n) is 2.60. The summed E-state index contributed by atoms with van der Waals surface area (Å²) in [5.74, 6) is 0. The second-order valence-corrected chi connectivity index (χ2v) is 3.84. The van der Waals surface area contributed by atoms with Gasteiger partial charge in [-0.3, -0.25) is 9.97 Å². The fourth-order valence-electron chi connectivity index (χ4n) is 1.07. The predicted octanol–water partition coefficient (Wildman–Crippen LogP) is 2.75. The maximum Gasteiger partial charge on any atom is 0.0885 e. The standard InChI is InChI=1S/C10H7IN2/c11-9-3-1-8(2-4-9)10-7-12-5-6-13-10/h1-7H. The summed E-state index contributed by atoms with van der Waals surface area (Å²) in [6.45, 7) is 0. The van der Waals surface area contributed by atoms with Gasteiger partial charge in [-0.25, -0.2) is 0 Å². The van der Waals surface area contributed by atoms with E-state index in [1.165, 1.54) is 3.57 Å². The topological polar surface area (TPSA) is 25.8 Å². The molecule has 3 heteroatoms. The van der Waals surface area contributed by atoms with Gasteiger partial charge in [0.15, 0.2) is 0 Å². The molecule has 0 saturated heterocycles. The Bertz CT molecular complexity index is 383. The predicted molar refractivity (Wildman–Crippen MR) is 60.2 cm³/mol. The van der Waals surface area contributed by atoms with Gasteiger partial charge in [0.25, 0.3) is 0 Å². The average Bonchev–Trinajstić information content (AvgIpc) is 2.20. The summed E-state index contributed by atoms with van der Waals surface area (Å²) in [7, 11) is 0. The Morgan fingerprint density at radius 2 is 1.77 bits per heavy atom. The van der Waals surface area contributed by atoms with Gasteiger partial charge in [-0.05, 0) is 34.7 Å². The second kappa shape index (κ2) is 3.83. The molecular weight excluding hydrogens is 275 g/mol. The first-order valence-electron chi connectivity index (χ1n) is 3.88. The molecule has 0 atom stereocenters. The highest BCUT2D eigenvalue weighted by Gasteiger charge is 1.96. The molecule has 0 bridgehead atoms. The minimum Gasteiger partial charge on any atom is -0.261 e. The lowest BCUT2D eigenvalue weighted by molar-refractivity contribution is 1.21. The van der Waals surface area contributed by atoms with Crippen LogP contribution in [-0.2, 0) is 0 Å². The average molecular weight is 282 g/mol. The van der Waals surface area contributed by atoms with Crippen LogP contribution in [0, 0.1) is 3.57 Å². The van der Waals surface area contributed by atoms with Gasteiger partial charge < -0.3 is 0 Å². The normalized spacial score (nSPS) is 9.92. The van der Waals surface area contributed by atoms with Crippen molar-refractivity contribution in [3.05, 3.63) is 46.4 Å². The zero-order valence-corrected chi connectivity index (χ0v) is 8.97. The Hall–Kier alpha value is -0.970. The molecule has 0 N–H and O–H groups in total. The highest BCUT2D eigenvalue weighted by molar-refractivity contribution is 14.1. The highest BCUT2D eigenvalue weighted by atomic mass is 127. The third kappa shape index (κ3) is 2.03. The fourth-order valence-corrected chi connectivity index (χ4v) is 1.43. The van der Waals surface area contributed by atoms with E-state index in [4.69, 9.17) is 0 Å². The number of rotatable bonds is 1. The number of benzene rings is 1. The van der Waals surface area contributed by atoms with Gasteiger partial charge in [0.05, 0.1) is 11.9 Å². The molecule has 0 fully saturated rings. The summed E-state index contributed by atoms with van der Waals surface area (Å²) in [4.78, 5) is 8.23. The molecule has 0 saturated carbocycles. The summed E-state index contributed by atoms with van der Waals surface area (Å²) in [6, 6.07) is 8.22. The van der Waals surface area contributed by atoms with Crippen molar-refractivity contribution in [3.63, 3.8) is 0 Å². The van der Waals surface area contributed by atoms with Crippen molar-refractivity contribution in [2.45, 2.75) is 0 Å². The molecule has 1 aromatic carbocycles. The van der Waals surface area contributed by atoms with E-state index in [1.54, 1.807) is 18.6 Å². The highest BCUT2D eigenvalue weighted by Crippen LogP contribution is 2.16. The van der Waals surface area contributed by atoms with Gasteiger partial charge in [-0.1, -0.05) is 12.1 Å². The van der Waals surface area contributed by atoms with Gasteiger partial charge in [0.1, 0.15) is 0 Å². The molecule has 0 radical (unpaired) electrons. The number of hydrogen-bond donors (Lipinski definition) is 0. The Morgan fingerprint density at radius 1 is 1.00 bits per heavy atom. The van der Waals surface area contributed by atoms with E-state index in [0.717, 1.165) is 11.3 Å². The Balaban J connectivity index is 2.42. The lowest BCUT2D eigenvalue weighted by Gasteiger charge is -1.98. The van der Waals surface area contributed by atoms with Gasteiger partial charge in [-0.15, -0.1) is 0 Å². The van der Waals surface area contributed by atoms with Crippen molar-refractivity contribution in [2.75, 3.05) is 0 Å². The van der Waals surface area contributed by atoms with Gasteiger partial charge >= 0.3 is 0 Å². The minimum absolute atomic E-state index is 0.916. The third-order valence-corrected chi connectivity index (χ3v) is 2.42. The van der Waals surface area contributed by atoms with Crippen LogP contribution in [0.2, 0.25) is 0 Å². The van der Waals surface area contributed by atoms with Crippen LogP contribution in [0.25, 0.3) is 11.3 Å². The molecule has 2 rings (SSSR count). The number of aromatic nitrogens is 2. The Morgan fingerprint density at radius 3 is 2.38 bits per heavy atom. The van der Waals surface area contributed by atoms with Crippen LogP contribution in [0.4, 0.5) is 0 Å². The summed E-state index contributed by atoms with van der Waals surface area (Å²) < 4.78 is 1.23. The van der Waals surface area contributed by atoms with Crippen LogP contribution >= 0.6 is 22.6 Å². The maximum absolute atomic E-state index is 4.21. The molecule has 0 aliphatic rings. The minimum atomic E-state index is 0.916. The molecule has 0 aliphatic carbocycles.